The number of aryl methyl sites for hydroxylation is 1. The van der Waals surface area contributed by atoms with Crippen molar-refractivity contribution in [2.45, 2.75) is 12.1 Å². The van der Waals surface area contributed by atoms with Crippen LogP contribution in [0.4, 0.5) is 17.3 Å². The summed E-state index contributed by atoms with van der Waals surface area (Å²) in [6, 6.07) is 28.0. The van der Waals surface area contributed by atoms with Crippen LogP contribution in [-0.4, -0.2) is 44.9 Å². The molecule has 0 aliphatic carbocycles. The lowest BCUT2D eigenvalue weighted by molar-refractivity contribution is 0.470. The average molecular weight is 718 g/mol. The molecule has 5 heterocycles. The Morgan fingerprint density at radius 1 is 0.679 bits per heavy atom. The monoisotopic (exact) mass is 717 g/mol. The summed E-state index contributed by atoms with van der Waals surface area (Å²) in [7, 11) is 1.85. The first-order valence-electron chi connectivity index (χ1n) is 16.6. The average Bonchev–Trinajstić information content (AvgIpc) is 3.62. The molecule has 0 saturated carbocycles. The second-order valence-electron chi connectivity index (χ2n) is 12.1. The zero-order valence-corrected chi connectivity index (χ0v) is 28.9. The highest BCUT2D eigenvalue weighted by Gasteiger charge is 2.26. The molecule has 53 heavy (non-hydrogen) atoms. The number of halogens is 1. The van der Waals surface area contributed by atoms with Crippen molar-refractivity contribution in [2.24, 2.45) is 7.05 Å². The molecule has 0 radical (unpaired) electrons. The molecule has 0 fully saturated rings. The van der Waals surface area contributed by atoms with Crippen molar-refractivity contribution in [3.8, 4) is 17.6 Å². The zero-order valence-electron chi connectivity index (χ0n) is 28.1. The van der Waals surface area contributed by atoms with Crippen LogP contribution in [0.5, 0.6) is 11.5 Å². The Hall–Kier alpha value is -7.10. The van der Waals surface area contributed by atoms with Crippen molar-refractivity contribution >= 4 is 50.7 Å². The van der Waals surface area contributed by atoms with Gasteiger partial charge in [0, 0.05) is 66.0 Å². The summed E-state index contributed by atoms with van der Waals surface area (Å²) in [5.74, 6) is 1.19. The molecule has 0 bridgehead atoms. The summed E-state index contributed by atoms with van der Waals surface area (Å²) in [6.45, 7) is 0. The number of nitrogens with one attached hydrogen (secondary N) is 2. The molecule has 12 nitrogen and oxygen atoms in total. The quantitative estimate of drug-likeness (QED) is 0.121. The molecule has 3 aromatic carbocycles. The molecule has 2 atom stereocenters. The molecule has 0 aliphatic rings. The highest BCUT2D eigenvalue weighted by Crippen LogP contribution is 2.40. The molecule has 8 aromatic rings. The van der Waals surface area contributed by atoms with Crippen LogP contribution in [0.25, 0.3) is 26.7 Å². The van der Waals surface area contributed by atoms with E-state index in [-0.39, 0.29) is 11.5 Å². The number of phenols is 2. The molecule has 258 valence electrons. The Morgan fingerprint density at radius 3 is 2.23 bits per heavy atom. The Labute approximate surface area is 308 Å². The normalized spacial score (nSPS) is 12.2. The van der Waals surface area contributed by atoms with Crippen LogP contribution in [0.15, 0.2) is 128 Å². The highest BCUT2D eigenvalue weighted by atomic mass is 35.5. The number of pyridine rings is 3. The van der Waals surface area contributed by atoms with Crippen LogP contribution in [0.3, 0.4) is 0 Å². The summed E-state index contributed by atoms with van der Waals surface area (Å²) in [4.78, 5) is 26.6. The molecular weight excluding hydrogens is 688 g/mol. The van der Waals surface area contributed by atoms with Gasteiger partial charge in [-0.15, -0.1) is 0 Å². The van der Waals surface area contributed by atoms with Crippen molar-refractivity contribution in [2.75, 3.05) is 10.6 Å². The van der Waals surface area contributed by atoms with Crippen LogP contribution in [0, 0.1) is 6.07 Å². The fourth-order valence-electron chi connectivity index (χ4n) is 6.27. The SMILES string of the molecule is Cn1nccc1C(Nc1ccccn1)c1ccc2cc([N+]#Cc3cccc(C(Nc4cnccn4)c4ccc5cccnc5c4O)c3Cl)cnc2c1O. The van der Waals surface area contributed by atoms with Crippen LogP contribution < -0.4 is 10.6 Å². The molecule has 0 amide bonds. The molecular formula is C40H30ClN10O2+. The van der Waals surface area contributed by atoms with E-state index in [2.05, 4.69) is 51.6 Å². The number of rotatable bonds is 8. The molecule has 5 aromatic heterocycles. The minimum Gasteiger partial charge on any atom is -0.505 e. The number of aromatic hydroxyl groups is 2. The van der Waals surface area contributed by atoms with E-state index in [4.69, 9.17) is 11.6 Å². The van der Waals surface area contributed by atoms with Crippen molar-refractivity contribution in [3.63, 3.8) is 0 Å². The third-order valence-corrected chi connectivity index (χ3v) is 9.28. The molecule has 0 aliphatic heterocycles. The first-order chi connectivity index (χ1) is 25.9. The van der Waals surface area contributed by atoms with Crippen molar-refractivity contribution < 1.29 is 10.2 Å². The van der Waals surface area contributed by atoms with Crippen LogP contribution >= 0.6 is 11.6 Å². The fourth-order valence-corrected chi connectivity index (χ4v) is 6.54. The summed E-state index contributed by atoms with van der Waals surface area (Å²) in [6.07, 6.45) is 11.4. The second-order valence-corrected chi connectivity index (χ2v) is 12.5. The van der Waals surface area contributed by atoms with E-state index in [9.17, 15) is 10.2 Å². The van der Waals surface area contributed by atoms with Gasteiger partial charge >= 0.3 is 11.8 Å². The maximum Gasteiger partial charge on any atom is 0.359 e. The van der Waals surface area contributed by atoms with Crippen LogP contribution in [-0.2, 0) is 7.05 Å². The molecule has 4 N–H and O–H groups in total. The highest BCUT2D eigenvalue weighted by molar-refractivity contribution is 6.32. The molecule has 8 rings (SSSR count). The number of nitrogens with zero attached hydrogens (tertiary/aromatic N) is 8. The van der Waals surface area contributed by atoms with Gasteiger partial charge in [-0.05, 0) is 40.7 Å². The lowest BCUT2D eigenvalue weighted by Gasteiger charge is -2.22. The molecule has 0 saturated heterocycles. The summed E-state index contributed by atoms with van der Waals surface area (Å²) >= 11 is 7.07. The smallest absolute Gasteiger partial charge is 0.359 e. The Kier molecular flexibility index (Phi) is 8.90. The zero-order chi connectivity index (χ0) is 36.3. The van der Waals surface area contributed by atoms with Gasteiger partial charge in [-0.1, -0.05) is 60.1 Å². The van der Waals surface area contributed by atoms with Crippen molar-refractivity contribution in [1.82, 2.24) is 34.7 Å². The van der Waals surface area contributed by atoms with Crippen molar-refractivity contribution in [1.29, 1.82) is 0 Å². The van der Waals surface area contributed by atoms with Crippen molar-refractivity contribution in [3.05, 3.63) is 166 Å². The lowest BCUT2D eigenvalue weighted by atomic mass is 9.95. The van der Waals surface area contributed by atoms with E-state index in [1.54, 1.807) is 54.1 Å². The molecule has 13 heteroatoms. The minimum atomic E-state index is -0.630. The van der Waals surface area contributed by atoms with E-state index < -0.39 is 12.1 Å². The number of fused-ring (bicyclic) bond motifs is 2. The largest absolute Gasteiger partial charge is 0.505 e. The minimum absolute atomic E-state index is 0.0245. The Morgan fingerprint density at radius 2 is 1.45 bits per heavy atom. The van der Waals surface area contributed by atoms with E-state index in [1.165, 1.54) is 0 Å². The number of aromatic nitrogens is 7. The second kappa shape index (κ2) is 14.3. The maximum atomic E-state index is 11.5. The summed E-state index contributed by atoms with van der Waals surface area (Å²) in [5, 5.41) is 35.9. The predicted octanol–water partition coefficient (Wildman–Crippen LogP) is 8.18. The van der Waals surface area contributed by atoms with E-state index >= 15 is 0 Å². The topological polar surface area (TPSA) is 151 Å². The van der Waals surface area contributed by atoms with Gasteiger partial charge in [-0.25, -0.2) is 15.0 Å². The van der Waals surface area contributed by atoms with Gasteiger partial charge in [0.15, 0.2) is 0 Å². The predicted molar refractivity (Wildman–Crippen MR) is 205 cm³/mol. The number of anilines is 2. The standard InChI is InChI=1S/C40H29ClN10O2/c1-51-31(14-17-48-51)38(49-32-9-2-3-15-43-32)30-13-11-25-20-27(22-47-36(25)40(30)53)46-21-26-6-4-8-28(34(26)41)37(50-33-23-42-18-19-44-33)29-12-10-24-7-5-16-45-35(24)39(29)52/h2-20,22-23,37-38H,1H3,(H3-,43,44,49,50,52,53)/p+1. The number of benzene rings is 3. The van der Waals surface area contributed by atoms with Gasteiger partial charge in [0.05, 0.1) is 29.0 Å². The van der Waals surface area contributed by atoms with Gasteiger partial charge in [0.1, 0.15) is 45.9 Å². The van der Waals surface area contributed by atoms with Gasteiger partial charge in [0.25, 0.3) is 0 Å². The van der Waals surface area contributed by atoms with E-state index in [0.717, 1.165) is 11.1 Å². The van der Waals surface area contributed by atoms with Gasteiger partial charge in [0.2, 0.25) is 0 Å². The van der Waals surface area contributed by atoms with Crippen LogP contribution in [0.2, 0.25) is 5.02 Å². The van der Waals surface area contributed by atoms with E-state index in [0.29, 0.717) is 61.0 Å². The number of phenolic OH excluding ortho intramolecular Hbond substituents is 2. The maximum absolute atomic E-state index is 11.5. The lowest BCUT2D eigenvalue weighted by Crippen LogP contribution is -2.17. The summed E-state index contributed by atoms with van der Waals surface area (Å²) in [5.41, 5.74) is 4.57. The van der Waals surface area contributed by atoms with Gasteiger partial charge in [-0.3, -0.25) is 14.6 Å². The number of hydrogen-bond acceptors (Lipinski definition) is 10. The first-order valence-corrected chi connectivity index (χ1v) is 16.9. The van der Waals surface area contributed by atoms with Gasteiger partial charge < -0.3 is 20.8 Å². The molecule has 2 unspecified atom stereocenters. The Bertz CT molecular complexity index is 2660. The Balaban J connectivity index is 1.14. The summed E-state index contributed by atoms with van der Waals surface area (Å²) < 4.78 is 1.75. The van der Waals surface area contributed by atoms with Crippen LogP contribution in [0.1, 0.15) is 40.0 Å². The molecule has 0 spiro atoms. The number of hydrogen-bond donors (Lipinski definition) is 4. The third-order valence-electron chi connectivity index (χ3n) is 8.86. The van der Waals surface area contributed by atoms with Gasteiger partial charge in [-0.2, -0.15) is 5.10 Å². The first kappa shape index (κ1) is 33.1. The van der Waals surface area contributed by atoms with E-state index in [1.807, 2.05) is 85.9 Å². The fraction of sp³-hybridized carbons (Fsp3) is 0.0750. The third kappa shape index (κ3) is 6.60.